The molecule has 10 heteroatoms. The van der Waals surface area contributed by atoms with Crippen LogP contribution in [0, 0.1) is 0 Å². The van der Waals surface area contributed by atoms with Crippen molar-refractivity contribution in [3.63, 3.8) is 0 Å². The number of urea groups is 1. The topological polar surface area (TPSA) is 70.2 Å². The smallest absolute Gasteiger partial charge is 0.376 e. The van der Waals surface area contributed by atoms with Gasteiger partial charge in [0.15, 0.2) is 0 Å². The quantitative estimate of drug-likeness (QED) is 0.682. The molecular formula is C16H15ClF3N3O2S. The summed E-state index contributed by atoms with van der Waals surface area (Å²) in [6.45, 7) is -0.00352. The van der Waals surface area contributed by atoms with E-state index in [1.807, 2.05) is 17.5 Å². The Balaban J connectivity index is 1.76. The number of imide groups is 1. The minimum absolute atomic E-state index is 0.0648. The Morgan fingerprint density at radius 2 is 1.96 bits per heavy atom. The molecule has 1 aromatic carbocycles. The van der Waals surface area contributed by atoms with Crippen LogP contribution in [-0.2, 0) is 17.4 Å². The number of nitrogens with one attached hydrogen (secondary N) is 3. The molecule has 0 bridgehead atoms. The largest absolute Gasteiger partial charge is 0.417 e. The van der Waals surface area contributed by atoms with E-state index in [9.17, 15) is 22.8 Å². The number of carbonyl (C=O) groups excluding carboxylic acids is 2. The van der Waals surface area contributed by atoms with E-state index in [0.29, 0.717) is 13.0 Å². The van der Waals surface area contributed by atoms with E-state index in [-0.39, 0.29) is 12.2 Å². The van der Waals surface area contributed by atoms with E-state index in [1.165, 1.54) is 6.07 Å². The normalized spacial score (nSPS) is 11.1. The number of hydrogen-bond donors (Lipinski definition) is 3. The number of carbonyl (C=O) groups is 2. The third-order valence-electron chi connectivity index (χ3n) is 3.21. The number of thiophene rings is 1. The van der Waals surface area contributed by atoms with Gasteiger partial charge in [0.1, 0.15) is 0 Å². The zero-order chi connectivity index (χ0) is 19.2. The third-order valence-corrected chi connectivity index (χ3v) is 4.48. The van der Waals surface area contributed by atoms with Gasteiger partial charge in [0.2, 0.25) is 5.91 Å². The van der Waals surface area contributed by atoms with Crippen LogP contribution in [0.4, 0.5) is 23.7 Å². The molecule has 0 aliphatic carbocycles. The van der Waals surface area contributed by atoms with Gasteiger partial charge in [-0.15, -0.1) is 11.3 Å². The van der Waals surface area contributed by atoms with Gasteiger partial charge >= 0.3 is 12.2 Å². The highest BCUT2D eigenvalue weighted by molar-refractivity contribution is 7.09. The van der Waals surface area contributed by atoms with E-state index in [1.54, 1.807) is 11.3 Å². The summed E-state index contributed by atoms with van der Waals surface area (Å²) in [5.74, 6) is -0.679. The molecule has 1 heterocycles. The van der Waals surface area contributed by atoms with Gasteiger partial charge in [-0.05, 0) is 36.1 Å². The molecule has 5 nitrogen and oxygen atoms in total. The molecule has 0 saturated heterocycles. The highest BCUT2D eigenvalue weighted by atomic mass is 35.5. The molecule has 0 aliphatic heterocycles. The van der Waals surface area contributed by atoms with Gasteiger partial charge in [-0.2, -0.15) is 13.2 Å². The Morgan fingerprint density at radius 1 is 1.19 bits per heavy atom. The van der Waals surface area contributed by atoms with Crippen molar-refractivity contribution >= 4 is 40.6 Å². The zero-order valence-electron chi connectivity index (χ0n) is 13.3. The van der Waals surface area contributed by atoms with Crippen LogP contribution in [0.3, 0.4) is 0 Å². The predicted octanol–water partition coefficient (Wildman–Crippen LogP) is 3.90. The average molecular weight is 406 g/mol. The van der Waals surface area contributed by atoms with Crippen LogP contribution in [0.15, 0.2) is 35.7 Å². The van der Waals surface area contributed by atoms with Crippen molar-refractivity contribution < 1.29 is 22.8 Å². The molecule has 2 aromatic rings. The van der Waals surface area contributed by atoms with Gasteiger partial charge in [0.05, 0.1) is 17.1 Å². The fourth-order valence-electron chi connectivity index (χ4n) is 2.00. The van der Waals surface area contributed by atoms with Crippen LogP contribution < -0.4 is 16.0 Å². The lowest BCUT2D eigenvalue weighted by Crippen LogP contribution is -2.42. The molecule has 0 unspecified atom stereocenters. The predicted molar refractivity (Wildman–Crippen MR) is 94.5 cm³/mol. The van der Waals surface area contributed by atoms with E-state index >= 15 is 0 Å². The van der Waals surface area contributed by atoms with Crippen LogP contribution in [0.5, 0.6) is 0 Å². The minimum atomic E-state index is -4.60. The van der Waals surface area contributed by atoms with Crippen molar-refractivity contribution in [3.05, 3.63) is 51.2 Å². The molecule has 2 rings (SSSR count). The number of halogens is 4. The van der Waals surface area contributed by atoms with Gasteiger partial charge in [-0.1, -0.05) is 17.7 Å². The summed E-state index contributed by atoms with van der Waals surface area (Å²) < 4.78 is 38.3. The molecule has 1 aromatic heterocycles. The van der Waals surface area contributed by atoms with Gasteiger partial charge in [0.25, 0.3) is 0 Å². The van der Waals surface area contributed by atoms with Gasteiger partial charge < -0.3 is 10.6 Å². The lowest BCUT2D eigenvalue weighted by Gasteiger charge is -2.12. The monoisotopic (exact) mass is 405 g/mol. The number of hydrogen-bond acceptors (Lipinski definition) is 4. The van der Waals surface area contributed by atoms with Crippen LogP contribution in [0.2, 0.25) is 5.02 Å². The van der Waals surface area contributed by atoms with Gasteiger partial charge in [-0.3, -0.25) is 10.1 Å². The number of amides is 3. The third kappa shape index (κ3) is 6.23. The van der Waals surface area contributed by atoms with Crippen molar-refractivity contribution in [1.29, 1.82) is 0 Å². The molecular weight excluding hydrogens is 391 g/mol. The summed E-state index contributed by atoms with van der Waals surface area (Å²) in [5.41, 5.74) is -0.939. The summed E-state index contributed by atoms with van der Waals surface area (Å²) in [6, 6.07) is 6.36. The molecule has 0 fully saturated rings. The maximum atomic E-state index is 12.8. The maximum Gasteiger partial charge on any atom is 0.417 e. The van der Waals surface area contributed by atoms with Crippen LogP contribution in [0.25, 0.3) is 0 Å². The number of anilines is 1. The summed E-state index contributed by atoms with van der Waals surface area (Å²) in [7, 11) is 0. The van der Waals surface area contributed by atoms with Crippen molar-refractivity contribution in [2.45, 2.75) is 12.6 Å². The SMILES string of the molecule is O=C(CNc1ccc(Cl)c(C(F)(F)F)c1)NC(=O)NCCc1cccs1. The zero-order valence-corrected chi connectivity index (χ0v) is 14.9. The highest BCUT2D eigenvalue weighted by Crippen LogP contribution is 2.36. The van der Waals surface area contributed by atoms with Crippen molar-refractivity contribution in [2.24, 2.45) is 0 Å². The summed E-state index contributed by atoms with van der Waals surface area (Å²) in [6.07, 6.45) is -3.96. The van der Waals surface area contributed by atoms with E-state index in [0.717, 1.165) is 17.0 Å². The second kappa shape index (κ2) is 8.91. The van der Waals surface area contributed by atoms with Crippen molar-refractivity contribution in [3.8, 4) is 0 Å². The highest BCUT2D eigenvalue weighted by Gasteiger charge is 2.33. The van der Waals surface area contributed by atoms with Crippen molar-refractivity contribution in [1.82, 2.24) is 10.6 Å². The first kappa shape index (κ1) is 20.1. The Bertz CT molecular complexity index is 767. The Hall–Kier alpha value is -2.26. The van der Waals surface area contributed by atoms with Gasteiger partial charge in [0, 0.05) is 17.1 Å². The first-order valence-corrected chi connectivity index (χ1v) is 8.72. The molecule has 0 saturated carbocycles. The number of benzene rings is 1. The second-order valence-corrected chi connectivity index (χ2v) is 6.62. The second-order valence-electron chi connectivity index (χ2n) is 5.18. The first-order chi connectivity index (χ1) is 12.3. The molecule has 3 N–H and O–H groups in total. The lowest BCUT2D eigenvalue weighted by atomic mass is 10.2. The van der Waals surface area contributed by atoms with Gasteiger partial charge in [-0.25, -0.2) is 4.79 Å². The van der Waals surface area contributed by atoms with E-state index < -0.39 is 28.7 Å². The molecule has 0 aliphatic rings. The Morgan fingerprint density at radius 3 is 2.62 bits per heavy atom. The van der Waals surface area contributed by atoms with Crippen LogP contribution in [-0.4, -0.2) is 25.0 Å². The average Bonchev–Trinajstić information content (AvgIpc) is 3.06. The summed E-state index contributed by atoms with van der Waals surface area (Å²) in [4.78, 5) is 24.4. The minimum Gasteiger partial charge on any atom is -0.376 e. The fourth-order valence-corrected chi connectivity index (χ4v) is 2.94. The van der Waals surface area contributed by atoms with Crippen LogP contribution >= 0.6 is 22.9 Å². The lowest BCUT2D eigenvalue weighted by molar-refractivity contribution is -0.137. The number of alkyl halides is 3. The first-order valence-electron chi connectivity index (χ1n) is 7.46. The van der Waals surface area contributed by atoms with E-state index in [2.05, 4.69) is 16.0 Å². The maximum absolute atomic E-state index is 12.8. The van der Waals surface area contributed by atoms with Crippen LogP contribution in [0.1, 0.15) is 10.4 Å². The van der Waals surface area contributed by atoms with Crippen molar-refractivity contribution in [2.75, 3.05) is 18.4 Å². The standard InChI is InChI=1S/C16H15ClF3N3O2S/c17-13-4-3-10(8-12(13)16(18,19)20)22-9-14(24)23-15(25)21-6-5-11-2-1-7-26-11/h1-4,7-8,22H,5-6,9H2,(H2,21,23,24,25). The summed E-state index contributed by atoms with van der Waals surface area (Å²) >= 11 is 7.08. The van der Waals surface area contributed by atoms with E-state index in [4.69, 9.17) is 11.6 Å². The molecule has 140 valence electrons. The molecule has 3 amide bonds. The Kier molecular flexibility index (Phi) is 6.87. The molecule has 26 heavy (non-hydrogen) atoms. The molecule has 0 spiro atoms. The molecule has 0 radical (unpaired) electrons. The molecule has 0 atom stereocenters. The fraction of sp³-hybridized carbons (Fsp3) is 0.250. The summed E-state index contributed by atoms with van der Waals surface area (Å²) in [5, 5.41) is 8.63. The number of rotatable bonds is 6. The Labute approximate surface area is 156 Å².